The third kappa shape index (κ3) is 3.10. The largest absolute Gasteiger partial charge is 0.417 e. The van der Waals surface area contributed by atoms with Crippen LogP contribution in [0.4, 0.5) is 13.2 Å². The standard InChI is InChI=1S/C10H7ClF3IO/c1-5(11)9(16)7-4-6(15)2-3-8(7)10(12,13)14/h2-5H,1H3. The first-order chi connectivity index (χ1) is 7.23. The van der Waals surface area contributed by atoms with Gasteiger partial charge in [0, 0.05) is 9.13 Å². The molecule has 1 aromatic rings. The van der Waals surface area contributed by atoms with Crippen LogP contribution in [0.15, 0.2) is 18.2 Å². The molecule has 0 aliphatic carbocycles. The summed E-state index contributed by atoms with van der Waals surface area (Å²) in [5, 5.41) is -0.973. The second kappa shape index (κ2) is 4.91. The van der Waals surface area contributed by atoms with Gasteiger partial charge >= 0.3 is 6.18 Å². The van der Waals surface area contributed by atoms with Crippen LogP contribution in [0.5, 0.6) is 0 Å². The zero-order valence-corrected chi connectivity index (χ0v) is 11.0. The first kappa shape index (κ1) is 13.8. The highest BCUT2D eigenvalue weighted by Crippen LogP contribution is 2.33. The summed E-state index contributed by atoms with van der Waals surface area (Å²) >= 11 is 7.36. The van der Waals surface area contributed by atoms with E-state index in [-0.39, 0.29) is 5.56 Å². The Labute approximate surface area is 109 Å². The van der Waals surface area contributed by atoms with E-state index in [9.17, 15) is 18.0 Å². The number of carbonyl (C=O) groups excluding carboxylic acids is 1. The molecular weight excluding hydrogens is 355 g/mol. The molecule has 0 heterocycles. The molecule has 0 fully saturated rings. The second-order valence-corrected chi connectivity index (χ2v) is 5.07. The fourth-order valence-corrected chi connectivity index (χ4v) is 1.79. The monoisotopic (exact) mass is 362 g/mol. The molecule has 0 bridgehead atoms. The van der Waals surface area contributed by atoms with E-state index in [0.29, 0.717) is 3.57 Å². The van der Waals surface area contributed by atoms with E-state index in [0.717, 1.165) is 6.07 Å². The van der Waals surface area contributed by atoms with Crippen molar-refractivity contribution < 1.29 is 18.0 Å². The van der Waals surface area contributed by atoms with Gasteiger partial charge in [0.1, 0.15) is 0 Å². The van der Waals surface area contributed by atoms with Crippen molar-refractivity contribution in [1.82, 2.24) is 0 Å². The van der Waals surface area contributed by atoms with Crippen molar-refractivity contribution in [3.8, 4) is 0 Å². The molecule has 1 aromatic carbocycles. The van der Waals surface area contributed by atoms with E-state index in [1.807, 2.05) is 22.6 Å². The summed E-state index contributed by atoms with van der Waals surface area (Å²) in [6, 6.07) is 3.40. The Hall–Kier alpha value is -0.300. The van der Waals surface area contributed by atoms with Gasteiger partial charge in [-0.3, -0.25) is 4.79 Å². The van der Waals surface area contributed by atoms with Crippen molar-refractivity contribution >= 4 is 40.0 Å². The van der Waals surface area contributed by atoms with Crippen LogP contribution in [-0.4, -0.2) is 11.2 Å². The van der Waals surface area contributed by atoms with Crippen molar-refractivity contribution in [2.45, 2.75) is 18.5 Å². The predicted molar refractivity (Wildman–Crippen MR) is 63.8 cm³/mol. The number of carbonyl (C=O) groups is 1. The minimum atomic E-state index is -4.54. The van der Waals surface area contributed by atoms with Crippen LogP contribution in [0.2, 0.25) is 0 Å². The van der Waals surface area contributed by atoms with E-state index in [2.05, 4.69) is 0 Å². The van der Waals surface area contributed by atoms with Crippen LogP contribution >= 0.6 is 34.2 Å². The van der Waals surface area contributed by atoms with Crippen molar-refractivity contribution in [1.29, 1.82) is 0 Å². The van der Waals surface area contributed by atoms with Crippen LogP contribution in [-0.2, 0) is 6.18 Å². The lowest BCUT2D eigenvalue weighted by atomic mass is 10.0. The van der Waals surface area contributed by atoms with Crippen LogP contribution in [0, 0.1) is 3.57 Å². The molecule has 0 aliphatic rings. The van der Waals surface area contributed by atoms with E-state index in [1.54, 1.807) is 0 Å². The Morgan fingerprint density at radius 2 is 2.00 bits per heavy atom. The van der Waals surface area contributed by atoms with Gasteiger partial charge in [0.25, 0.3) is 0 Å². The third-order valence-corrected chi connectivity index (χ3v) is 2.78. The molecule has 1 atom stereocenters. The van der Waals surface area contributed by atoms with E-state index in [4.69, 9.17) is 11.6 Å². The number of alkyl halides is 4. The molecule has 1 rings (SSSR count). The van der Waals surface area contributed by atoms with E-state index in [1.165, 1.54) is 19.1 Å². The second-order valence-electron chi connectivity index (χ2n) is 3.17. The van der Waals surface area contributed by atoms with Gasteiger partial charge in [-0.1, -0.05) is 0 Å². The lowest BCUT2D eigenvalue weighted by Crippen LogP contribution is -2.18. The lowest BCUT2D eigenvalue weighted by molar-refractivity contribution is -0.137. The third-order valence-electron chi connectivity index (χ3n) is 1.91. The molecule has 0 saturated heterocycles. The maximum absolute atomic E-state index is 12.6. The van der Waals surface area contributed by atoms with Gasteiger partial charge in [-0.2, -0.15) is 13.2 Å². The average molecular weight is 363 g/mol. The van der Waals surface area contributed by atoms with Gasteiger partial charge in [0.05, 0.1) is 10.9 Å². The quantitative estimate of drug-likeness (QED) is 0.439. The van der Waals surface area contributed by atoms with Crippen molar-refractivity contribution in [3.05, 3.63) is 32.9 Å². The number of rotatable bonds is 2. The normalized spacial score (nSPS) is 13.6. The zero-order chi connectivity index (χ0) is 12.5. The van der Waals surface area contributed by atoms with E-state index >= 15 is 0 Å². The summed E-state index contributed by atoms with van der Waals surface area (Å²) in [6.45, 7) is 1.35. The van der Waals surface area contributed by atoms with Gasteiger partial charge in [-0.05, 0) is 47.7 Å². The SMILES string of the molecule is CC(Cl)C(=O)c1cc(I)ccc1C(F)(F)F. The summed E-state index contributed by atoms with van der Waals surface area (Å²) in [5.74, 6) is -0.715. The summed E-state index contributed by atoms with van der Waals surface area (Å²) in [7, 11) is 0. The minimum Gasteiger partial charge on any atom is -0.293 e. The van der Waals surface area contributed by atoms with Crippen molar-refractivity contribution in [2.24, 2.45) is 0 Å². The Morgan fingerprint density at radius 1 is 1.44 bits per heavy atom. The number of hydrogen-bond donors (Lipinski definition) is 0. The minimum absolute atomic E-state index is 0.373. The van der Waals surface area contributed by atoms with Gasteiger partial charge < -0.3 is 0 Å². The summed E-state index contributed by atoms with van der Waals surface area (Å²) in [5.41, 5.74) is -1.31. The van der Waals surface area contributed by atoms with Crippen LogP contribution < -0.4 is 0 Å². The zero-order valence-electron chi connectivity index (χ0n) is 8.11. The Morgan fingerprint density at radius 3 is 2.44 bits per heavy atom. The highest BCUT2D eigenvalue weighted by atomic mass is 127. The van der Waals surface area contributed by atoms with Gasteiger partial charge in [-0.25, -0.2) is 0 Å². The van der Waals surface area contributed by atoms with Crippen LogP contribution in [0.3, 0.4) is 0 Å². The Kier molecular flexibility index (Phi) is 4.23. The lowest BCUT2D eigenvalue weighted by Gasteiger charge is -2.13. The number of Topliss-reactive ketones (excluding diaryl/α,β-unsaturated/α-hetero) is 1. The first-order valence-electron chi connectivity index (χ1n) is 4.28. The van der Waals surface area contributed by atoms with Crippen molar-refractivity contribution in [3.63, 3.8) is 0 Å². The molecular formula is C10H7ClF3IO. The molecule has 6 heteroatoms. The molecule has 0 N–H and O–H groups in total. The topological polar surface area (TPSA) is 17.1 Å². The van der Waals surface area contributed by atoms with Gasteiger partial charge in [-0.15, -0.1) is 11.6 Å². The number of halogens is 5. The molecule has 0 amide bonds. The van der Waals surface area contributed by atoms with Crippen LogP contribution in [0.25, 0.3) is 0 Å². The number of hydrogen-bond acceptors (Lipinski definition) is 1. The molecule has 1 unspecified atom stereocenters. The fourth-order valence-electron chi connectivity index (χ4n) is 1.18. The number of benzene rings is 1. The average Bonchev–Trinajstić information content (AvgIpc) is 2.14. The van der Waals surface area contributed by atoms with Gasteiger partial charge in [0.2, 0.25) is 0 Å². The summed E-state index contributed by atoms with van der Waals surface area (Å²) in [4.78, 5) is 11.5. The van der Waals surface area contributed by atoms with Gasteiger partial charge in [0.15, 0.2) is 5.78 Å². The molecule has 0 aromatic heterocycles. The van der Waals surface area contributed by atoms with E-state index < -0.39 is 22.9 Å². The molecule has 0 radical (unpaired) electrons. The molecule has 0 aliphatic heterocycles. The predicted octanol–water partition coefficient (Wildman–Crippen LogP) is 4.12. The smallest absolute Gasteiger partial charge is 0.293 e. The molecule has 0 spiro atoms. The highest BCUT2D eigenvalue weighted by Gasteiger charge is 2.35. The van der Waals surface area contributed by atoms with Crippen molar-refractivity contribution in [2.75, 3.05) is 0 Å². The first-order valence-corrected chi connectivity index (χ1v) is 5.80. The fraction of sp³-hybridized carbons (Fsp3) is 0.300. The molecule has 0 saturated carbocycles. The molecule has 1 nitrogen and oxygen atoms in total. The maximum atomic E-state index is 12.6. The molecule has 16 heavy (non-hydrogen) atoms. The number of ketones is 1. The Balaban J connectivity index is 3.35. The summed E-state index contributed by atoms with van der Waals surface area (Å²) in [6.07, 6.45) is -4.54. The Bertz CT molecular complexity index is 415. The highest BCUT2D eigenvalue weighted by molar-refractivity contribution is 14.1. The molecule has 88 valence electrons. The maximum Gasteiger partial charge on any atom is 0.417 e. The summed E-state index contributed by atoms with van der Waals surface area (Å²) < 4.78 is 38.4. The van der Waals surface area contributed by atoms with Crippen LogP contribution in [0.1, 0.15) is 22.8 Å².